The molecule has 3 nitrogen and oxygen atoms in total. The number of morpholine rings is 1. The van der Waals surface area contributed by atoms with Crippen molar-refractivity contribution in [1.29, 1.82) is 0 Å². The van der Waals surface area contributed by atoms with Crippen LogP contribution in [0.25, 0.3) is 10.4 Å². The normalized spacial score (nSPS) is 15.7. The number of benzene rings is 1. The van der Waals surface area contributed by atoms with Crippen LogP contribution in [0.1, 0.15) is 36.0 Å². The van der Waals surface area contributed by atoms with Gasteiger partial charge in [-0.1, -0.05) is 32.9 Å². The molecule has 0 N–H and O–H groups in total. The van der Waals surface area contributed by atoms with Crippen molar-refractivity contribution in [2.45, 2.75) is 26.2 Å². The summed E-state index contributed by atoms with van der Waals surface area (Å²) in [6, 6.07) is 12.3. The first kappa shape index (κ1) is 16.2. The van der Waals surface area contributed by atoms with Gasteiger partial charge in [0.25, 0.3) is 5.91 Å². The van der Waals surface area contributed by atoms with Gasteiger partial charge in [-0.3, -0.25) is 4.79 Å². The molecule has 4 heteroatoms. The number of ether oxygens (including phenoxy) is 1. The van der Waals surface area contributed by atoms with Gasteiger partial charge in [-0.2, -0.15) is 0 Å². The van der Waals surface area contributed by atoms with Crippen molar-refractivity contribution in [1.82, 2.24) is 4.90 Å². The van der Waals surface area contributed by atoms with E-state index in [0.717, 1.165) is 5.56 Å². The Hall–Kier alpha value is -1.65. The summed E-state index contributed by atoms with van der Waals surface area (Å²) in [5, 5.41) is 0. The molecule has 2 aromatic rings. The smallest absolute Gasteiger partial charge is 0.254 e. The molecule has 3 rings (SSSR count). The van der Waals surface area contributed by atoms with E-state index < -0.39 is 0 Å². The van der Waals surface area contributed by atoms with Gasteiger partial charge in [0.05, 0.1) is 13.2 Å². The van der Waals surface area contributed by atoms with Crippen molar-refractivity contribution in [3.63, 3.8) is 0 Å². The third-order valence-electron chi connectivity index (χ3n) is 4.06. The van der Waals surface area contributed by atoms with Gasteiger partial charge in [-0.05, 0) is 35.2 Å². The Labute approximate surface area is 141 Å². The Balaban J connectivity index is 1.76. The van der Waals surface area contributed by atoms with Gasteiger partial charge < -0.3 is 9.64 Å². The summed E-state index contributed by atoms with van der Waals surface area (Å²) in [4.78, 5) is 16.9. The van der Waals surface area contributed by atoms with Crippen LogP contribution in [0.5, 0.6) is 0 Å². The predicted octanol–water partition coefficient (Wildman–Crippen LogP) is 4.19. The van der Waals surface area contributed by atoms with Crippen LogP contribution in [0, 0.1) is 0 Å². The lowest BCUT2D eigenvalue weighted by Crippen LogP contribution is -2.40. The second-order valence-electron chi connectivity index (χ2n) is 6.90. The molecule has 23 heavy (non-hydrogen) atoms. The number of nitrogens with zero attached hydrogens (tertiary/aromatic N) is 1. The molecule has 0 saturated carbocycles. The second kappa shape index (κ2) is 6.46. The molecule has 1 aliphatic rings. The average molecular weight is 329 g/mol. The van der Waals surface area contributed by atoms with Crippen LogP contribution in [0.4, 0.5) is 0 Å². The van der Waals surface area contributed by atoms with Crippen molar-refractivity contribution >= 4 is 17.2 Å². The lowest BCUT2D eigenvalue weighted by atomic mass is 9.95. The van der Waals surface area contributed by atoms with E-state index >= 15 is 0 Å². The van der Waals surface area contributed by atoms with Crippen molar-refractivity contribution in [2.24, 2.45) is 0 Å². The van der Waals surface area contributed by atoms with Gasteiger partial charge in [0.1, 0.15) is 0 Å². The van der Waals surface area contributed by atoms with E-state index in [-0.39, 0.29) is 11.3 Å². The summed E-state index contributed by atoms with van der Waals surface area (Å²) in [5.41, 5.74) is 2.10. The second-order valence-corrected chi connectivity index (χ2v) is 7.98. The number of carbonyl (C=O) groups is 1. The molecule has 0 bridgehead atoms. The summed E-state index contributed by atoms with van der Waals surface area (Å²) in [6.45, 7) is 9.32. The van der Waals surface area contributed by atoms with Crippen molar-refractivity contribution < 1.29 is 9.53 Å². The Morgan fingerprint density at radius 2 is 1.70 bits per heavy atom. The van der Waals surface area contributed by atoms with Gasteiger partial charge in [0.15, 0.2) is 0 Å². The summed E-state index contributed by atoms with van der Waals surface area (Å²) in [5.74, 6) is 0.0985. The molecular weight excluding hydrogens is 306 g/mol. The fourth-order valence-corrected chi connectivity index (χ4v) is 3.69. The third-order valence-corrected chi connectivity index (χ3v) is 5.62. The van der Waals surface area contributed by atoms with Crippen LogP contribution in [-0.4, -0.2) is 37.1 Å². The first-order chi connectivity index (χ1) is 10.9. The standard InChI is InChI=1S/C19H23NO2S/c1-19(2,3)17-9-8-16(23-17)14-4-6-15(7-5-14)18(21)20-10-12-22-13-11-20/h4-9H,10-13H2,1-3H3. The van der Waals surface area contributed by atoms with E-state index in [1.165, 1.54) is 15.3 Å². The van der Waals surface area contributed by atoms with Crippen LogP contribution in [-0.2, 0) is 10.2 Å². The average Bonchev–Trinajstić information content (AvgIpc) is 3.05. The van der Waals surface area contributed by atoms with Crippen molar-refractivity contribution in [3.05, 3.63) is 46.8 Å². The maximum absolute atomic E-state index is 12.5. The van der Waals surface area contributed by atoms with E-state index in [2.05, 4.69) is 32.9 Å². The van der Waals surface area contributed by atoms with E-state index in [4.69, 9.17) is 4.74 Å². The van der Waals surface area contributed by atoms with Gasteiger partial charge in [-0.25, -0.2) is 0 Å². The lowest BCUT2D eigenvalue weighted by Gasteiger charge is -2.26. The van der Waals surface area contributed by atoms with Crippen LogP contribution >= 0.6 is 11.3 Å². The van der Waals surface area contributed by atoms with E-state index in [0.29, 0.717) is 26.3 Å². The zero-order valence-electron chi connectivity index (χ0n) is 14.0. The molecule has 2 heterocycles. The molecule has 1 aliphatic heterocycles. The SMILES string of the molecule is CC(C)(C)c1ccc(-c2ccc(C(=O)N3CCOCC3)cc2)s1. The fraction of sp³-hybridized carbons (Fsp3) is 0.421. The van der Waals surface area contributed by atoms with Crippen LogP contribution in [0.3, 0.4) is 0 Å². The highest BCUT2D eigenvalue weighted by atomic mass is 32.1. The molecule has 0 radical (unpaired) electrons. The molecular formula is C19H23NO2S. The Morgan fingerprint density at radius 1 is 1.04 bits per heavy atom. The number of rotatable bonds is 2. The topological polar surface area (TPSA) is 29.5 Å². The van der Waals surface area contributed by atoms with Gasteiger partial charge in [0.2, 0.25) is 0 Å². The maximum atomic E-state index is 12.5. The largest absolute Gasteiger partial charge is 0.378 e. The number of carbonyl (C=O) groups excluding carboxylic acids is 1. The molecule has 0 atom stereocenters. The number of thiophene rings is 1. The Morgan fingerprint density at radius 3 is 2.26 bits per heavy atom. The molecule has 1 aromatic carbocycles. The van der Waals surface area contributed by atoms with Gasteiger partial charge in [-0.15, -0.1) is 11.3 Å². The molecule has 0 unspecified atom stereocenters. The minimum Gasteiger partial charge on any atom is -0.378 e. The van der Waals surface area contributed by atoms with Crippen LogP contribution in [0.2, 0.25) is 0 Å². The summed E-state index contributed by atoms with van der Waals surface area (Å²) >= 11 is 1.82. The lowest BCUT2D eigenvalue weighted by molar-refractivity contribution is 0.0303. The molecule has 1 amide bonds. The van der Waals surface area contributed by atoms with Crippen LogP contribution in [0.15, 0.2) is 36.4 Å². The van der Waals surface area contributed by atoms with E-state index in [1.54, 1.807) is 0 Å². The highest BCUT2D eigenvalue weighted by Gasteiger charge is 2.19. The highest BCUT2D eigenvalue weighted by Crippen LogP contribution is 2.35. The molecule has 1 saturated heterocycles. The van der Waals surface area contributed by atoms with Crippen molar-refractivity contribution in [3.8, 4) is 10.4 Å². The monoisotopic (exact) mass is 329 g/mol. The predicted molar refractivity (Wildman–Crippen MR) is 95.2 cm³/mol. The maximum Gasteiger partial charge on any atom is 0.254 e. The van der Waals surface area contributed by atoms with Gasteiger partial charge in [0, 0.05) is 28.4 Å². The quantitative estimate of drug-likeness (QED) is 0.827. The zero-order valence-corrected chi connectivity index (χ0v) is 14.8. The molecule has 0 aliphatic carbocycles. The van der Waals surface area contributed by atoms with E-state index in [1.807, 2.05) is 40.5 Å². The number of hydrogen-bond acceptors (Lipinski definition) is 3. The summed E-state index contributed by atoms with van der Waals surface area (Å²) in [6.07, 6.45) is 0. The molecule has 1 fully saturated rings. The van der Waals surface area contributed by atoms with Crippen molar-refractivity contribution in [2.75, 3.05) is 26.3 Å². The van der Waals surface area contributed by atoms with Gasteiger partial charge >= 0.3 is 0 Å². The minimum absolute atomic E-state index is 0.0985. The zero-order chi connectivity index (χ0) is 16.4. The molecule has 1 aromatic heterocycles. The Bertz CT molecular complexity index is 676. The minimum atomic E-state index is 0.0985. The number of amides is 1. The highest BCUT2D eigenvalue weighted by molar-refractivity contribution is 7.15. The summed E-state index contributed by atoms with van der Waals surface area (Å²) < 4.78 is 5.30. The molecule has 0 spiro atoms. The van der Waals surface area contributed by atoms with Crippen LogP contribution < -0.4 is 0 Å². The third kappa shape index (κ3) is 3.65. The first-order valence-corrected chi connectivity index (χ1v) is 8.84. The Kier molecular flexibility index (Phi) is 4.55. The van der Waals surface area contributed by atoms with E-state index in [9.17, 15) is 4.79 Å². The summed E-state index contributed by atoms with van der Waals surface area (Å²) in [7, 11) is 0. The fourth-order valence-electron chi connectivity index (χ4n) is 2.62. The molecule has 122 valence electrons. The first-order valence-electron chi connectivity index (χ1n) is 8.03. The number of hydrogen-bond donors (Lipinski definition) is 0.